The quantitative estimate of drug-likeness (QED) is 0.925. The van der Waals surface area contributed by atoms with Crippen molar-refractivity contribution in [2.24, 2.45) is 0 Å². The molecule has 124 valence electrons. The van der Waals surface area contributed by atoms with E-state index in [2.05, 4.69) is 11.4 Å². The smallest absolute Gasteiger partial charge is 0.336 e. The van der Waals surface area contributed by atoms with E-state index in [4.69, 9.17) is 0 Å². The number of rotatable bonds is 3. The summed E-state index contributed by atoms with van der Waals surface area (Å²) in [6, 6.07) is 3.53. The highest BCUT2D eigenvalue weighted by molar-refractivity contribution is 5.77. The van der Waals surface area contributed by atoms with Crippen LogP contribution < -0.4 is 10.9 Å². The first-order chi connectivity index (χ1) is 10.8. The van der Waals surface area contributed by atoms with Gasteiger partial charge in [-0.05, 0) is 18.9 Å². The average molecular weight is 327 g/mol. The van der Waals surface area contributed by atoms with Crippen molar-refractivity contribution >= 4 is 5.91 Å². The highest BCUT2D eigenvalue weighted by Gasteiger charge is 2.34. The van der Waals surface area contributed by atoms with Crippen LogP contribution in [0, 0.1) is 11.3 Å². The molecule has 1 N–H and O–H groups in total. The second-order valence-electron chi connectivity index (χ2n) is 5.68. The van der Waals surface area contributed by atoms with Gasteiger partial charge >= 0.3 is 6.18 Å². The third-order valence-electron chi connectivity index (χ3n) is 3.92. The third-order valence-corrected chi connectivity index (χ3v) is 3.92. The molecule has 1 amide bonds. The molecule has 0 radical (unpaired) electrons. The monoisotopic (exact) mass is 327 g/mol. The van der Waals surface area contributed by atoms with Gasteiger partial charge in [-0.3, -0.25) is 9.59 Å². The molecule has 2 rings (SSSR count). The predicted molar refractivity (Wildman–Crippen MR) is 75.3 cm³/mol. The summed E-state index contributed by atoms with van der Waals surface area (Å²) in [5, 5.41) is 11.9. The summed E-state index contributed by atoms with van der Waals surface area (Å²) < 4.78 is 38.7. The van der Waals surface area contributed by atoms with Gasteiger partial charge in [-0.2, -0.15) is 18.4 Å². The molecule has 8 heteroatoms. The Balaban J connectivity index is 2.14. The van der Waals surface area contributed by atoms with Gasteiger partial charge in [-0.25, -0.2) is 0 Å². The van der Waals surface area contributed by atoms with Crippen LogP contribution in [0.25, 0.3) is 0 Å². The number of aromatic nitrogens is 1. The zero-order valence-electron chi connectivity index (χ0n) is 12.3. The molecule has 0 aromatic carbocycles. The minimum Gasteiger partial charge on any atom is -0.336 e. The highest BCUT2D eigenvalue weighted by atomic mass is 19.4. The lowest BCUT2D eigenvalue weighted by atomic mass is 9.83. The van der Waals surface area contributed by atoms with Crippen LogP contribution in [-0.2, 0) is 17.5 Å². The zero-order valence-corrected chi connectivity index (χ0v) is 12.3. The van der Waals surface area contributed by atoms with Crippen molar-refractivity contribution < 1.29 is 18.0 Å². The molecular formula is C15H16F3N3O2. The van der Waals surface area contributed by atoms with E-state index < -0.39 is 35.3 Å². The number of alkyl halides is 3. The van der Waals surface area contributed by atoms with E-state index in [0.717, 1.165) is 25.3 Å². The number of nitrogens with zero attached hydrogens (tertiary/aromatic N) is 2. The first kappa shape index (κ1) is 17.1. The van der Waals surface area contributed by atoms with Crippen LogP contribution in [0.3, 0.4) is 0 Å². The number of nitrogens with one attached hydrogen (secondary N) is 1. The van der Waals surface area contributed by atoms with Crippen LogP contribution >= 0.6 is 0 Å². The fraction of sp³-hybridized carbons (Fsp3) is 0.533. The SMILES string of the molecule is N#CC1(NC(=O)Cn2cc(C(F)(F)F)ccc2=O)CCCCC1. The van der Waals surface area contributed by atoms with E-state index >= 15 is 0 Å². The number of pyridine rings is 1. The summed E-state index contributed by atoms with van der Waals surface area (Å²) in [6.45, 7) is -0.549. The molecular weight excluding hydrogens is 311 g/mol. The molecule has 0 aliphatic heterocycles. The molecule has 0 atom stereocenters. The van der Waals surface area contributed by atoms with Crippen molar-refractivity contribution in [3.63, 3.8) is 0 Å². The van der Waals surface area contributed by atoms with Crippen LogP contribution in [0.15, 0.2) is 23.1 Å². The summed E-state index contributed by atoms with van der Waals surface area (Å²) in [6.07, 6.45) is -0.383. The van der Waals surface area contributed by atoms with E-state index in [0.29, 0.717) is 29.7 Å². The highest BCUT2D eigenvalue weighted by Crippen LogP contribution is 2.28. The van der Waals surface area contributed by atoms with Crippen molar-refractivity contribution in [1.29, 1.82) is 5.26 Å². The molecule has 1 aliphatic rings. The molecule has 0 spiro atoms. The third kappa shape index (κ3) is 4.12. The second-order valence-corrected chi connectivity index (χ2v) is 5.68. The Labute approximate surface area is 130 Å². The van der Waals surface area contributed by atoms with Crippen molar-refractivity contribution in [3.8, 4) is 6.07 Å². The van der Waals surface area contributed by atoms with Crippen LogP contribution in [0.4, 0.5) is 13.2 Å². The van der Waals surface area contributed by atoms with Gasteiger partial charge in [0.25, 0.3) is 5.56 Å². The van der Waals surface area contributed by atoms with Gasteiger partial charge in [0, 0.05) is 12.3 Å². The van der Waals surface area contributed by atoms with E-state index in [1.165, 1.54) is 0 Å². The van der Waals surface area contributed by atoms with Gasteiger partial charge in [-0.15, -0.1) is 0 Å². The Morgan fingerprint density at radius 2 is 1.96 bits per heavy atom. The van der Waals surface area contributed by atoms with Gasteiger partial charge in [0.1, 0.15) is 12.1 Å². The minimum atomic E-state index is -4.59. The maximum atomic E-state index is 12.7. The first-order valence-electron chi connectivity index (χ1n) is 7.26. The summed E-state index contributed by atoms with van der Waals surface area (Å²) in [5.41, 5.74) is -2.69. The second kappa shape index (κ2) is 6.44. The molecule has 5 nitrogen and oxygen atoms in total. The summed E-state index contributed by atoms with van der Waals surface area (Å²) in [4.78, 5) is 23.7. The number of carbonyl (C=O) groups excluding carboxylic acids is 1. The molecule has 0 saturated heterocycles. The Hall–Kier alpha value is -2.30. The maximum absolute atomic E-state index is 12.7. The molecule has 1 fully saturated rings. The van der Waals surface area contributed by atoms with E-state index in [1.807, 2.05) is 0 Å². The van der Waals surface area contributed by atoms with Crippen LogP contribution in [-0.4, -0.2) is 16.0 Å². The van der Waals surface area contributed by atoms with E-state index in [-0.39, 0.29) is 0 Å². The zero-order chi connectivity index (χ0) is 17.1. The number of hydrogen-bond donors (Lipinski definition) is 1. The Morgan fingerprint density at radius 3 is 2.52 bits per heavy atom. The fourth-order valence-electron chi connectivity index (χ4n) is 2.70. The van der Waals surface area contributed by atoms with Gasteiger partial charge in [-0.1, -0.05) is 19.3 Å². The summed E-state index contributed by atoms with van der Waals surface area (Å²) >= 11 is 0. The van der Waals surface area contributed by atoms with Gasteiger partial charge in [0.05, 0.1) is 11.6 Å². The lowest BCUT2D eigenvalue weighted by Crippen LogP contribution is -2.50. The average Bonchev–Trinajstić information content (AvgIpc) is 2.49. The standard InChI is InChI=1S/C15H16F3N3O2/c16-15(17,18)11-4-5-13(23)21(8-11)9-12(22)20-14(10-19)6-2-1-3-7-14/h4-5,8H,1-3,6-7,9H2,(H,20,22). The van der Waals surface area contributed by atoms with Crippen LogP contribution in [0.5, 0.6) is 0 Å². The first-order valence-corrected chi connectivity index (χ1v) is 7.26. The van der Waals surface area contributed by atoms with Gasteiger partial charge < -0.3 is 9.88 Å². The lowest BCUT2D eigenvalue weighted by molar-refractivity contribution is -0.138. The topological polar surface area (TPSA) is 74.9 Å². The lowest BCUT2D eigenvalue weighted by Gasteiger charge is -2.31. The Bertz CT molecular complexity index is 682. The number of nitriles is 1. The minimum absolute atomic E-state index is 0.507. The van der Waals surface area contributed by atoms with E-state index in [1.54, 1.807) is 0 Å². The van der Waals surface area contributed by atoms with Gasteiger partial charge in [0.15, 0.2) is 0 Å². The molecule has 1 aromatic heterocycles. The van der Waals surface area contributed by atoms with Crippen LogP contribution in [0.2, 0.25) is 0 Å². The Kier molecular flexibility index (Phi) is 4.78. The van der Waals surface area contributed by atoms with Crippen molar-refractivity contribution in [1.82, 2.24) is 9.88 Å². The molecule has 1 saturated carbocycles. The summed E-state index contributed by atoms with van der Waals surface area (Å²) in [5.74, 6) is -0.644. The normalized spacial score (nSPS) is 17.3. The maximum Gasteiger partial charge on any atom is 0.417 e. The van der Waals surface area contributed by atoms with Gasteiger partial charge in [0.2, 0.25) is 5.91 Å². The number of amides is 1. The van der Waals surface area contributed by atoms with Crippen LogP contribution in [0.1, 0.15) is 37.7 Å². The number of hydrogen-bond acceptors (Lipinski definition) is 3. The molecule has 23 heavy (non-hydrogen) atoms. The van der Waals surface area contributed by atoms with Crippen molar-refractivity contribution in [2.45, 2.75) is 50.4 Å². The van der Waals surface area contributed by atoms with Crippen molar-refractivity contribution in [3.05, 3.63) is 34.2 Å². The predicted octanol–water partition coefficient (Wildman–Crippen LogP) is 2.21. The summed E-state index contributed by atoms with van der Waals surface area (Å²) in [7, 11) is 0. The number of halogens is 3. The fourth-order valence-corrected chi connectivity index (χ4v) is 2.70. The molecule has 0 bridgehead atoms. The molecule has 0 unspecified atom stereocenters. The Morgan fingerprint density at radius 1 is 1.30 bits per heavy atom. The molecule has 1 aliphatic carbocycles. The molecule has 1 heterocycles. The largest absolute Gasteiger partial charge is 0.417 e. The van der Waals surface area contributed by atoms with E-state index in [9.17, 15) is 28.0 Å². The molecule has 1 aromatic rings. The number of carbonyl (C=O) groups is 1. The van der Waals surface area contributed by atoms with Crippen molar-refractivity contribution in [2.75, 3.05) is 0 Å².